The number of likely N-dealkylation sites (N-methyl/N-ethyl adjacent to an activating group) is 2. The Kier molecular flexibility index (Phi) is 3.79. The van der Waals surface area contributed by atoms with E-state index in [0.29, 0.717) is 16.9 Å². The molecule has 1 saturated heterocycles. The van der Waals surface area contributed by atoms with Gasteiger partial charge in [0, 0.05) is 20.6 Å². The number of fused-ring (bicyclic) bond motifs is 1. The number of hydrogen-bond acceptors (Lipinski definition) is 5. The molecule has 1 N–H and O–H groups in total. The second-order valence-electron chi connectivity index (χ2n) is 5.65. The van der Waals surface area contributed by atoms with Gasteiger partial charge in [-0.3, -0.25) is 9.59 Å². The van der Waals surface area contributed by atoms with Gasteiger partial charge in [-0.25, -0.2) is 9.97 Å². The lowest BCUT2D eigenvalue weighted by Gasteiger charge is -2.29. The van der Waals surface area contributed by atoms with Gasteiger partial charge in [0.2, 0.25) is 5.91 Å². The molecule has 7 nitrogen and oxygen atoms in total. The van der Waals surface area contributed by atoms with Crippen molar-refractivity contribution in [3.63, 3.8) is 0 Å². The van der Waals surface area contributed by atoms with Crippen LogP contribution in [0.3, 0.4) is 0 Å². The summed E-state index contributed by atoms with van der Waals surface area (Å²) in [7, 11) is 3.68. The molecule has 0 saturated carbocycles. The Bertz CT molecular complexity index is 757. The van der Waals surface area contributed by atoms with Crippen LogP contribution in [0.15, 0.2) is 23.3 Å². The van der Waals surface area contributed by atoms with Crippen LogP contribution < -0.4 is 10.5 Å². The summed E-state index contributed by atoms with van der Waals surface area (Å²) in [5, 5.41) is 0. The van der Waals surface area contributed by atoms with Crippen molar-refractivity contribution in [2.24, 2.45) is 0 Å². The Balaban J connectivity index is 1.97. The van der Waals surface area contributed by atoms with Crippen LogP contribution in [-0.4, -0.2) is 52.4 Å². The lowest BCUT2D eigenvalue weighted by molar-refractivity contribution is -0.130. The molecule has 1 amide bonds. The molecular formula is C15H19N5O2. The number of nitrogens with zero attached hydrogens (tertiary/aromatic N) is 4. The molecule has 3 heterocycles. The van der Waals surface area contributed by atoms with E-state index in [9.17, 15) is 9.59 Å². The van der Waals surface area contributed by atoms with Crippen LogP contribution in [0.25, 0.3) is 11.0 Å². The summed E-state index contributed by atoms with van der Waals surface area (Å²) in [4.78, 5) is 38.9. The Morgan fingerprint density at radius 2 is 2.14 bits per heavy atom. The number of aromatic nitrogens is 3. The maximum Gasteiger partial charge on any atom is 0.277 e. The van der Waals surface area contributed by atoms with Crippen molar-refractivity contribution >= 4 is 22.8 Å². The second kappa shape index (κ2) is 5.75. The summed E-state index contributed by atoms with van der Waals surface area (Å²) in [6, 6.07) is 3.31. The molecule has 7 heteroatoms. The molecule has 116 valence electrons. The van der Waals surface area contributed by atoms with E-state index in [1.54, 1.807) is 17.0 Å². The maximum absolute atomic E-state index is 12.5. The fourth-order valence-corrected chi connectivity index (χ4v) is 2.83. The van der Waals surface area contributed by atoms with E-state index >= 15 is 0 Å². The summed E-state index contributed by atoms with van der Waals surface area (Å²) < 4.78 is 0. The predicted molar refractivity (Wildman–Crippen MR) is 83.8 cm³/mol. The van der Waals surface area contributed by atoms with Crippen LogP contribution >= 0.6 is 0 Å². The zero-order chi connectivity index (χ0) is 15.7. The van der Waals surface area contributed by atoms with Crippen LogP contribution in [0.4, 0.5) is 5.82 Å². The monoisotopic (exact) mass is 301 g/mol. The summed E-state index contributed by atoms with van der Waals surface area (Å²) in [5.41, 5.74) is 0.566. The van der Waals surface area contributed by atoms with Crippen LogP contribution in [0, 0.1) is 0 Å². The Morgan fingerprint density at radius 3 is 2.95 bits per heavy atom. The van der Waals surface area contributed by atoms with E-state index < -0.39 is 0 Å². The van der Waals surface area contributed by atoms with Crippen molar-refractivity contribution in [1.82, 2.24) is 19.9 Å². The molecule has 0 radical (unpaired) electrons. The number of aromatic amines is 1. The van der Waals surface area contributed by atoms with Crippen molar-refractivity contribution in [2.75, 3.05) is 25.5 Å². The third kappa shape index (κ3) is 2.54. The van der Waals surface area contributed by atoms with E-state index in [1.807, 2.05) is 19.0 Å². The van der Waals surface area contributed by atoms with Gasteiger partial charge in [0.15, 0.2) is 5.52 Å². The maximum atomic E-state index is 12.5. The highest BCUT2D eigenvalue weighted by molar-refractivity contribution is 5.85. The third-order valence-electron chi connectivity index (χ3n) is 4.18. The van der Waals surface area contributed by atoms with Gasteiger partial charge in [-0.1, -0.05) is 0 Å². The zero-order valence-electron chi connectivity index (χ0n) is 12.7. The normalized spacial score (nSPS) is 19.3. The van der Waals surface area contributed by atoms with Crippen LogP contribution in [-0.2, 0) is 4.79 Å². The van der Waals surface area contributed by atoms with Gasteiger partial charge < -0.3 is 14.8 Å². The van der Waals surface area contributed by atoms with Crippen molar-refractivity contribution in [1.29, 1.82) is 0 Å². The molecule has 2 aromatic heterocycles. The van der Waals surface area contributed by atoms with Gasteiger partial charge in [0.25, 0.3) is 5.56 Å². The first-order valence-corrected chi connectivity index (χ1v) is 7.40. The van der Waals surface area contributed by atoms with Gasteiger partial charge in [0.05, 0.1) is 11.8 Å². The van der Waals surface area contributed by atoms with Crippen molar-refractivity contribution in [2.45, 2.75) is 25.3 Å². The molecule has 0 bridgehead atoms. The van der Waals surface area contributed by atoms with E-state index in [2.05, 4.69) is 15.0 Å². The lowest BCUT2D eigenvalue weighted by atomic mass is 10.1. The second-order valence-corrected chi connectivity index (χ2v) is 5.65. The first kappa shape index (κ1) is 14.5. The largest absolute Gasteiger partial charge is 0.348 e. The van der Waals surface area contributed by atoms with E-state index in [0.717, 1.165) is 25.8 Å². The Morgan fingerprint density at radius 1 is 1.32 bits per heavy atom. The molecule has 1 aliphatic rings. The number of pyridine rings is 1. The highest BCUT2D eigenvalue weighted by atomic mass is 16.2. The zero-order valence-corrected chi connectivity index (χ0v) is 12.7. The van der Waals surface area contributed by atoms with Gasteiger partial charge in [-0.2, -0.15) is 0 Å². The average Bonchev–Trinajstić information content (AvgIpc) is 2.69. The van der Waals surface area contributed by atoms with Crippen molar-refractivity contribution in [3.8, 4) is 0 Å². The summed E-state index contributed by atoms with van der Waals surface area (Å²) in [5.74, 6) is 0.710. The molecule has 1 fully saturated rings. The Hall–Kier alpha value is -2.44. The molecule has 3 rings (SSSR count). The number of carbonyl (C=O) groups is 1. The van der Waals surface area contributed by atoms with Crippen LogP contribution in [0.5, 0.6) is 0 Å². The summed E-state index contributed by atoms with van der Waals surface area (Å²) in [6.45, 7) is 0.790. The quantitative estimate of drug-likeness (QED) is 0.886. The lowest BCUT2D eigenvalue weighted by Crippen LogP contribution is -2.45. The molecule has 1 atom stereocenters. The van der Waals surface area contributed by atoms with E-state index in [4.69, 9.17) is 0 Å². The Labute approximate surface area is 128 Å². The molecule has 0 spiro atoms. The molecule has 0 aromatic carbocycles. The first-order valence-electron chi connectivity index (χ1n) is 7.40. The van der Waals surface area contributed by atoms with Gasteiger partial charge in [0.1, 0.15) is 11.9 Å². The smallest absolute Gasteiger partial charge is 0.277 e. The molecule has 1 aliphatic heterocycles. The van der Waals surface area contributed by atoms with Crippen LogP contribution in [0.1, 0.15) is 19.3 Å². The number of hydrogen-bond donors (Lipinski definition) is 1. The van der Waals surface area contributed by atoms with E-state index in [-0.39, 0.29) is 17.5 Å². The number of nitrogens with one attached hydrogen (secondary N) is 1. The van der Waals surface area contributed by atoms with Crippen LogP contribution in [0.2, 0.25) is 0 Å². The minimum absolute atomic E-state index is 0.0991. The predicted octanol–water partition coefficient (Wildman–Crippen LogP) is 0.765. The van der Waals surface area contributed by atoms with Gasteiger partial charge in [-0.05, 0) is 31.4 Å². The summed E-state index contributed by atoms with van der Waals surface area (Å²) >= 11 is 0. The number of likely N-dealkylation sites (tertiary alicyclic amines) is 1. The number of rotatable bonds is 2. The first-order chi connectivity index (χ1) is 10.6. The minimum atomic E-state index is -0.274. The number of amides is 1. The molecular weight excluding hydrogens is 282 g/mol. The van der Waals surface area contributed by atoms with Gasteiger partial charge >= 0.3 is 0 Å². The SMILES string of the molecule is CN1CCCCC(N(C)c2ccc3nc[nH]c(=O)c3n2)C1=O. The average molecular weight is 301 g/mol. The molecule has 0 aliphatic carbocycles. The minimum Gasteiger partial charge on any atom is -0.348 e. The van der Waals surface area contributed by atoms with E-state index in [1.165, 1.54) is 6.33 Å². The molecule has 2 aromatic rings. The highest BCUT2D eigenvalue weighted by Crippen LogP contribution is 2.21. The number of H-pyrrole nitrogens is 1. The standard InChI is InChI=1S/C15H19N5O2/c1-19-8-4-3-5-11(15(19)22)20(2)12-7-6-10-13(18-12)14(21)17-9-16-10/h6-7,9,11H,3-5,8H2,1-2H3,(H,16,17,21). The highest BCUT2D eigenvalue weighted by Gasteiger charge is 2.29. The fourth-order valence-electron chi connectivity index (χ4n) is 2.83. The van der Waals surface area contributed by atoms with Gasteiger partial charge in [-0.15, -0.1) is 0 Å². The topological polar surface area (TPSA) is 82.2 Å². The summed E-state index contributed by atoms with van der Waals surface area (Å²) in [6.07, 6.45) is 4.17. The number of anilines is 1. The molecule has 1 unspecified atom stereocenters. The molecule has 22 heavy (non-hydrogen) atoms. The van der Waals surface area contributed by atoms with Crippen molar-refractivity contribution < 1.29 is 4.79 Å². The fraction of sp³-hybridized carbons (Fsp3) is 0.467. The number of carbonyl (C=O) groups excluding carboxylic acids is 1. The van der Waals surface area contributed by atoms with Crippen molar-refractivity contribution in [3.05, 3.63) is 28.8 Å². The third-order valence-corrected chi connectivity index (χ3v) is 4.18.